The molecule has 0 aliphatic heterocycles. The Hall–Kier alpha value is -3.07. The molecule has 0 aliphatic carbocycles. The van der Waals surface area contributed by atoms with Crippen LogP contribution in [-0.2, 0) is 0 Å². The van der Waals surface area contributed by atoms with Gasteiger partial charge in [-0.15, -0.1) is 0 Å². The average Bonchev–Trinajstić information content (AvgIpc) is 2.93. The lowest BCUT2D eigenvalue weighted by molar-refractivity contribution is 1.46. The zero-order valence-corrected chi connectivity index (χ0v) is 12.6. The highest BCUT2D eigenvalue weighted by Gasteiger charge is 2.11. The van der Waals surface area contributed by atoms with Gasteiger partial charge in [0.05, 0.1) is 11.0 Å². The second-order valence-electron chi connectivity index (χ2n) is 6.08. The number of H-pyrrole nitrogens is 2. The largest absolute Gasteiger partial charge is 0.353 e. The fourth-order valence-corrected chi connectivity index (χ4v) is 3.47. The van der Waals surface area contributed by atoms with Gasteiger partial charge >= 0.3 is 0 Å². The third-order valence-electron chi connectivity index (χ3n) is 4.61. The highest BCUT2D eigenvalue weighted by Crippen LogP contribution is 2.30. The van der Waals surface area contributed by atoms with E-state index in [-0.39, 0.29) is 5.43 Å². The lowest BCUT2D eigenvalue weighted by Gasteiger charge is -2.03. The molecule has 0 radical (unpaired) electrons. The van der Waals surface area contributed by atoms with Crippen molar-refractivity contribution < 1.29 is 0 Å². The third-order valence-corrected chi connectivity index (χ3v) is 4.61. The Morgan fingerprint density at radius 2 is 1.39 bits per heavy atom. The molecule has 0 aliphatic rings. The molecule has 0 saturated heterocycles. The Kier molecular flexibility index (Phi) is 2.29. The number of benzene rings is 3. The summed E-state index contributed by atoms with van der Waals surface area (Å²) in [6.45, 7) is 2.09. The number of aromatic nitrogens is 2. The molecule has 110 valence electrons. The van der Waals surface area contributed by atoms with E-state index < -0.39 is 0 Å². The van der Waals surface area contributed by atoms with Crippen molar-refractivity contribution >= 4 is 43.6 Å². The van der Waals surface area contributed by atoms with Crippen LogP contribution in [0.3, 0.4) is 0 Å². The molecule has 5 aromatic rings. The fourth-order valence-electron chi connectivity index (χ4n) is 3.47. The van der Waals surface area contributed by atoms with E-state index in [1.54, 1.807) is 0 Å². The summed E-state index contributed by atoms with van der Waals surface area (Å²) < 4.78 is 0. The standard InChI is InChI=1S/C20H14N2O/c1-11-6-9-17-15(10-11)12-7-8-14-19(18(12)22-17)21-16-5-3-2-4-13(16)20(14)23/h2-10,22H,1H3,(H,21,23). The van der Waals surface area contributed by atoms with Gasteiger partial charge in [0, 0.05) is 32.6 Å². The Bertz CT molecular complexity index is 1290. The normalized spacial score (nSPS) is 11.9. The van der Waals surface area contributed by atoms with Crippen molar-refractivity contribution in [3.63, 3.8) is 0 Å². The van der Waals surface area contributed by atoms with Gasteiger partial charge in [0.1, 0.15) is 0 Å². The highest BCUT2D eigenvalue weighted by molar-refractivity contribution is 6.17. The Labute approximate surface area is 131 Å². The number of pyridine rings is 1. The van der Waals surface area contributed by atoms with E-state index in [0.717, 1.165) is 38.2 Å². The van der Waals surface area contributed by atoms with E-state index >= 15 is 0 Å². The van der Waals surface area contributed by atoms with Crippen LogP contribution in [0.4, 0.5) is 0 Å². The van der Waals surface area contributed by atoms with Crippen LogP contribution in [-0.4, -0.2) is 9.97 Å². The van der Waals surface area contributed by atoms with Gasteiger partial charge in [0.15, 0.2) is 5.43 Å². The summed E-state index contributed by atoms with van der Waals surface area (Å²) in [5.41, 5.74) is 5.13. The van der Waals surface area contributed by atoms with Crippen molar-refractivity contribution in [2.45, 2.75) is 6.92 Å². The predicted molar refractivity (Wildman–Crippen MR) is 96.2 cm³/mol. The van der Waals surface area contributed by atoms with Gasteiger partial charge in [-0.3, -0.25) is 4.79 Å². The monoisotopic (exact) mass is 298 g/mol. The summed E-state index contributed by atoms with van der Waals surface area (Å²) in [6.07, 6.45) is 0. The number of hydrogen-bond acceptors (Lipinski definition) is 1. The molecule has 3 aromatic carbocycles. The summed E-state index contributed by atoms with van der Waals surface area (Å²) in [6, 6.07) is 18.0. The summed E-state index contributed by atoms with van der Waals surface area (Å²) in [4.78, 5) is 19.7. The molecule has 0 spiro atoms. The summed E-state index contributed by atoms with van der Waals surface area (Å²) in [7, 11) is 0. The molecule has 3 heteroatoms. The third kappa shape index (κ3) is 1.62. The average molecular weight is 298 g/mol. The molecule has 3 nitrogen and oxygen atoms in total. The van der Waals surface area contributed by atoms with Crippen molar-refractivity contribution in [1.82, 2.24) is 9.97 Å². The minimum absolute atomic E-state index is 0.0751. The molecule has 0 fully saturated rings. The molecular formula is C20H14N2O. The summed E-state index contributed by atoms with van der Waals surface area (Å²) in [5.74, 6) is 0. The van der Waals surface area contributed by atoms with E-state index in [9.17, 15) is 4.79 Å². The lowest BCUT2D eigenvalue weighted by atomic mass is 10.1. The number of aromatic amines is 2. The quantitative estimate of drug-likeness (QED) is 0.402. The molecule has 23 heavy (non-hydrogen) atoms. The molecule has 0 atom stereocenters. The van der Waals surface area contributed by atoms with Crippen LogP contribution in [0.25, 0.3) is 43.6 Å². The molecule has 0 amide bonds. The maximum atomic E-state index is 12.8. The molecule has 5 rings (SSSR count). The van der Waals surface area contributed by atoms with Gasteiger partial charge in [-0.1, -0.05) is 29.8 Å². The van der Waals surface area contributed by atoms with Gasteiger partial charge < -0.3 is 9.97 Å². The first-order valence-corrected chi connectivity index (χ1v) is 7.68. The Balaban J connectivity index is 2.07. The van der Waals surface area contributed by atoms with E-state index in [2.05, 4.69) is 35.1 Å². The van der Waals surface area contributed by atoms with Crippen LogP contribution >= 0.6 is 0 Å². The fraction of sp³-hybridized carbons (Fsp3) is 0.0500. The van der Waals surface area contributed by atoms with Gasteiger partial charge in [-0.05, 0) is 37.3 Å². The molecule has 0 saturated carbocycles. The molecule has 2 N–H and O–H groups in total. The van der Waals surface area contributed by atoms with Crippen LogP contribution in [0.15, 0.2) is 59.4 Å². The van der Waals surface area contributed by atoms with Gasteiger partial charge in [0.25, 0.3) is 0 Å². The Morgan fingerprint density at radius 3 is 2.26 bits per heavy atom. The summed E-state index contributed by atoms with van der Waals surface area (Å²) in [5, 5.41) is 3.78. The van der Waals surface area contributed by atoms with Crippen LogP contribution in [0, 0.1) is 6.92 Å². The minimum Gasteiger partial charge on any atom is -0.353 e. The van der Waals surface area contributed by atoms with E-state index in [1.165, 1.54) is 10.9 Å². The van der Waals surface area contributed by atoms with Crippen LogP contribution in [0.1, 0.15) is 5.56 Å². The first kappa shape index (κ1) is 12.5. The minimum atomic E-state index is 0.0751. The Morgan fingerprint density at radius 1 is 0.696 bits per heavy atom. The number of para-hydroxylation sites is 1. The van der Waals surface area contributed by atoms with Crippen molar-refractivity contribution in [3.05, 3.63) is 70.4 Å². The predicted octanol–water partition coefficient (Wildman–Crippen LogP) is 4.62. The van der Waals surface area contributed by atoms with Gasteiger partial charge in [-0.2, -0.15) is 0 Å². The van der Waals surface area contributed by atoms with Gasteiger partial charge in [-0.25, -0.2) is 0 Å². The molecular weight excluding hydrogens is 284 g/mol. The maximum absolute atomic E-state index is 12.8. The number of fused-ring (bicyclic) bond motifs is 6. The van der Waals surface area contributed by atoms with Crippen molar-refractivity contribution in [2.75, 3.05) is 0 Å². The first-order chi connectivity index (χ1) is 11.2. The topological polar surface area (TPSA) is 48.6 Å². The first-order valence-electron chi connectivity index (χ1n) is 7.68. The number of nitrogens with one attached hydrogen (secondary N) is 2. The number of hydrogen-bond donors (Lipinski definition) is 2. The van der Waals surface area contributed by atoms with Crippen LogP contribution < -0.4 is 5.43 Å². The molecule has 2 aromatic heterocycles. The zero-order valence-electron chi connectivity index (χ0n) is 12.6. The van der Waals surface area contributed by atoms with E-state index in [1.807, 2.05) is 36.4 Å². The second-order valence-corrected chi connectivity index (χ2v) is 6.08. The lowest BCUT2D eigenvalue weighted by Crippen LogP contribution is -2.04. The zero-order chi connectivity index (χ0) is 15.6. The van der Waals surface area contributed by atoms with Crippen LogP contribution in [0.2, 0.25) is 0 Å². The van der Waals surface area contributed by atoms with E-state index in [0.29, 0.717) is 0 Å². The molecule has 0 bridgehead atoms. The van der Waals surface area contributed by atoms with Crippen molar-refractivity contribution in [1.29, 1.82) is 0 Å². The maximum Gasteiger partial charge on any atom is 0.197 e. The second kappa shape index (κ2) is 4.23. The summed E-state index contributed by atoms with van der Waals surface area (Å²) >= 11 is 0. The van der Waals surface area contributed by atoms with Crippen LogP contribution in [0.5, 0.6) is 0 Å². The van der Waals surface area contributed by atoms with E-state index in [4.69, 9.17) is 0 Å². The van der Waals surface area contributed by atoms with Gasteiger partial charge in [0.2, 0.25) is 0 Å². The van der Waals surface area contributed by atoms with Crippen molar-refractivity contribution in [2.24, 2.45) is 0 Å². The SMILES string of the molecule is Cc1ccc2[nH]c3c(ccc4c(=O)c5ccccc5[nH]c43)c2c1. The molecule has 0 unspecified atom stereocenters. The number of rotatable bonds is 0. The highest BCUT2D eigenvalue weighted by atomic mass is 16.1. The number of aryl methyl sites for hydroxylation is 1. The molecule has 2 heterocycles. The van der Waals surface area contributed by atoms with Crippen molar-refractivity contribution in [3.8, 4) is 0 Å². The smallest absolute Gasteiger partial charge is 0.197 e.